The second-order valence-electron chi connectivity index (χ2n) is 7.92. The van der Waals surface area contributed by atoms with Crippen molar-refractivity contribution in [3.05, 3.63) is 64.2 Å². The number of fused-ring (bicyclic) bond motifs is 4. The van der Waals surface area contributed by atoms with E-state index >= 15 is 0 Å². The van der Waals surface area contributed by atoms with Crippen molar-refractivity contribution >= 4 is 78.8 Å². The Labute approximate surface area is 215 Å². The van der Waals surface area contributed by atoms with Crippen LogP contribution in [0.4, 0.5) is 16.4 Å². The van der Waals surface area contributed by atoms with Crippen molar-refractivity contribution in [2.24, 2.45) is 4.99 Å². The predicted octanol–water partition coefficient (Wildman–Crippen LogP) is 5.30. The van der Waals surface area contributed by atoms with Crippen molar-refractivity contribution in [1.29, 1.82) is 0 Å². The second kappa shape index (κ2) is 10.7. The van der Waals surface area contributed by atoms with Gasteiger partial charge < -0.3 is 25.3 Å². The number of hydrogen-bond donors (Lipinski definition) is 3. The summed E-state index contributed by atoms with van der Waals surface area (Å²) in [5, 5.41) is 22.5. The van der Waals surface area contributed by atoms with Crippen molar-refractivity contribution in [3.63, 3.8) is 0 Å². The molecule has 11 heteroatoms. The number of likely N-dealkylation sites (N-methyl/N-ethyl adjacent to an activating group) is 1. The molecule has 0 saturated carbocycles. The van der Waals surface area contributed by atoms with E-state index in [-0.39, 0.29) is 0 Å². The summed E-state index contributed by atoms with van der Waals surface area (Å²) in [6, 6.07) is 12.2. The summed E-state index contributed by atoms with van der Waals surface area (Å²) >= 11 is 14.5. The number of anilines is 2. The third-order valence-electron chi connectivity index (χ3n) is 5.53. The van der Waals surface area contributed by atoms with Gasteiger partial charge in [-0.2, -0.15) is 0 Å². The number of carbonyl (C=O) groups is 2. The zero-order valence-corrected chi connectivity index (χ0v) is 21.0. The van der Waals surface area contributed by atoms with Crippen molar-refractivity contribution in [2.45, 2.75) is 0 Å². The molecular formula is C24H22Cl2N4O4S. The maximum Gasteiger partial charge on any atom is 0.328 e. The largest absolute Gasteiger partial charge is 0.478 e. The van der Waals surface area contributed by atoms with Crippen LogP contribution in [-0.4, -0.2) is 71.0 Å². The monoisotopic (exact) mass is 532 g/mol. The normalized spacial score (nSPS) is 15.4. The molecule has 182 valence electrons. The highest BCUT2D eigenvalue weighted by Crippen LogP contribution is 2.47. The SMILES string of the molecule is CN1CCN(C2=Nc3ccc(Cl)c(Cl)c3Nc3sc4ccccc4c32)CC1.O=C(O)/C=C/C(=O)O. The molecule has 3 N–H and O–H groups in total. The average Bonchev–Trinajstić information content (AvgIpc) is 3.10. The number of aliphatic carboxylic acids is 2. The number of halogens is 2. The van der Waals surface area contributed by atoms with Crippen LogP contribution in [-0.2, 0) is 9.59 Å². The van der Waals surface area contributed by atoms with Gasteiger partial charge in [-0.05, 0) is 25.2 Å². The van der Waals surface area contributed by atoms with Crippen LogP contribution in [0.15, 0.2) is 53.5 Å². The van der Waals surface area contributed by atoms with E-state index in [1.54, 1.807) is 11.3 Å². The summed E-state index contributed by atoms with van der Waals surface area (Å²) in [7, 11) is 2.16. The molecule has 0 spiro atoms. The summed E-state index contributed by atoms with van der Waals surface area (Å²) in [4.78, 5) is 28.9. The topological polar surface area (TPSA) is 105 Å². The van der Waals surface area contributed by atoms with E-state index in [4.69, 9.17) is 38.4 Å². The number of carboxylic acid groups (broad SMARTS) is 2. The van der Waals surface area contributed by atoms with Gasteiger partial charge in [-0.3, -0.25) is 0 Å². The maximum atomic E-state index is 9.55. The zero-order valence-electron chi connectivity index (χ0n) is 18.7. The Bertz CT molecular complexity index is 1330. The molecule has 0 unspecified atom stereocenters. The Morgan fingerprint density at radius 3 is 2.34 bits per heavy atom. The molecule has 0 amide bonds. The predicted molar refractivity (Wildman–Crippen MR) is 141 cm³/mol. The van der Waals surface area contributed by atoms with Gasteiger partial charge in [0, 0.05) is 48.4 Å². The van der Waals surface area contributed by atoms with Crippen LogP contribution in [0.3, 0.4) is 0 Å². The van der Waals surface area contributed by atoms with E-state index in [0.717, 1.165) is 54.0 Å². The molecule has 3 aromatic rings. The lowest BCUT2D eigenvalue weighted by Gasteiger charge is -2.34. The molecular weight excluding hydrogens is 511 g/mol. The summed E-state index contributed by atoms with van der Waals surface area (Å²) in [6.45, 7) is 3.96. The lowest BCUT2D eigenvalue weighted by molar-refractivity contribution is -0.134. The highest BCUT2D eigenvalue weighted by molar-refractivity contribution is 7.23. The van der Waals surface area contributed by atoms with Gasteiger partial charge in [0.05, 0.1) is 27.0 Å². The van der Waals surface area contributed by atoms with E-state index in [0.29, 0.717) is 22.2 Å². The second-order valence-corrected chi connectivity index (χ2v) is 9.76. The van der Waals surface area contributed by atoms with Crippen molar-refractivity contribution in [3.8, 4) is 0 Å². The Hall–Kier alpha value is -3.11. The minimum atomic E-state index is -1.26. The third kappa shape index (κ3) is 5.59. The molecule has 8 nitrogen and oxygen atoms in total. The summed E-state index contributed by atoms with van der Waals surface area (Å²) in [5.74, 6) is -1.50. The first-order valence-corrected chi connectivity index (χ1v) is 12.2. The Balaban J connectivity index is 0.000000314. The first-order chi connectivity index (χ1) is 16.7. The van der Waals surface area contributed by atoms with Crippen LogP contribution in [0.5, 0.6) is 0 Å². The molecule has 2 aromatic carbocycles. The van der Waals surface area contributed by atoms with Crippen molar-refractivity contribution in [1.82, 2.24) is 9.80 Å². The third-order valence-corrected chi connectivity index (χ3v) is 7.42. The van der Waals surface area contributed by atoms with Crippen molar-refractivity contribution < 1.29 is 19.8 Å². The lowest BCUT2D eigenvalue weighted by Crippen LogP contribution is -2.47. The number of amidine groups is 1. The standard InChI is InChI=1S/C20H18Cl2N4S.C4H4O4/c1-25-8-10-26(11-9-25)19-16-12-4-2-3-5-15(12)27-20(16)24-18-14(23-19)7-6-13(21)17(18)22;5-3(6)1-2-4(7)8/h2-7,24H,8-11H2,1H3;1-2H,(H,5,6)(H,7,8)/b;2-1+. The number of hydrogen-bond acceptors (Lipinski definition) is 7. The highest BCUT2D eigenvalue weighted by Gasteiger charge is 2.28. The Kier molecular flexibility index (Phi) is 7.61. The van der Waals surface area contributed by atoms with Gasteiger partial charge in [0.2, 0.25) is 0 Å². The molecule has 0 atom stereocenters. The minimum Gasteiger partial charge on any atom is -0.478 e. The number of nitrogens with one attached hydrogen (secondary N) is 1. The number of thiophene rings is 1. The highest BCUT2D eigenvalue weighted by atomic mass is 35.5. The Morgan fingerprint density at radius 2 is 1.69 bits per heavy atom. The number of benzene rings is 2. The van der Waals surface area contributed by atoms with Crippen LogP contribution in [0.1, 0.15) is 5.56 Å². The van der Waals surface area contributed by atoms with E-state index < -0.39 is 11.9 Å². The van der Waals surface area contributed by atoms with E-state index in [9.17, 15) is 9.59 Å². The average molecular weight is 533 g/mol. The first kappa shape index (κ1) is 25.0. The number of aliphatic imine (C=N–C) groups is 1. The molecule has 35 heavy (non-hydrogen) atoms. The number of piperazine rings is 1. The van der Waals surface area contributed by atoms with Gasteiger partial charge in [0.1, 0.15) is 10.8 Å². The minimum absolute atomic E-state index is 0.515. The number of rotatable bonds is 2. The molecule has 2 aliphatic heterocycles. The zero-order chi connectivity index (χ0) is 25.1. The smallest absolute Gasteiger partial charge is 0.328 e. The molecule has 1 fully saturated rings. The molecule has 0 radical (unpaired) electrons. The van der Waals surface area contributed by atoms with E-state index in [1.165, 1.54) is 10.1 Å². The van der Waals surface area contributed by atoms with Crippen LogP contribution in [0.2, 0.25) is 10.0 Å². The summed E-state index contributed by atoms with van der Waals surface area (Å²) in [5.41, 5.74) is 2.76. The first-order valence-electron chi connectivity index (χ1n) is 10.7. The van der Waals surface area contributed by atoms with Crippen molar-refractivity contribution in [2.75, 3.05) is 38.5 Å². The molecule has 1 aromatic heterocycles. The lowest BCUT2D eigenvalue weighted by atomic mass is 10.1. The van der Waals surface area contributed by atoms with E-state index in [2.05, 4.69) is 46.4 Å². The summed E-state index contributed by atoms with van der Waals surface area (Å²) < 4.78 is 1.23. The van der Waals surface area contributed by atoms with Gasteiger partial charge in [-0.15, -0.1) is 11.3 Å². The molecule has 5 rings (SSSR count). The quantitative estimate of drug-likeness (QED) is 0.384. The van der Waals surface area contributed by atoms with Gasteiger partial charge in [-0.1, -0.05) is 41.4 Å². The molecule has 3 heterocycles. The molecule has 0 aliphatic carbocycles. The van der Waals surface area contributed by atoms with Gasteiger partial charge in [0.25, 0.3) is 0 Å². The number of nitrogens with zero attached hydrogens (tertiary/aromatic N) is 3. The van der Waals surface area contributed by atoms with Crippen LogP contribution in [0, 0.1) is 0 Å². The number of carboxylic acids is 2. The van der Waals surface area contributed by atoms with Gasteiger partial charge in [0.15, 0.2) is 0 Å². The molecule has 2 aliphatic rings. The summed E-state index contributed by atoms with van der Waals surface area (Å²) in [6.07, 6.45) is 1.12. The fourth-order valence-corrected chi connectivity index (χ4v) is 5.25. The van der Waals surface area contributed by atoms with Gasteiger partial charge >= 0.3 is 11.9 Å². The maximum absolute atomic E-state index is 9.55. The van der Waals surface area contributed by atoms with Crippen LogP contribution in [0.25, 0.3) is 10.1 Å². The Morgan fingerprint density at radius 1 is 1.03 bits per heavy atom. The molecule has 1 saturated heterocycles. The molecule has 0 bridgehead atoms. The fraction of sp³-hybridized carbons (Fsp3) is 0.208. The van der Waals surface area contributed by atoms with Crippen LogP contribution >= 0.6 is 34.5 Å². The fourth-order valence-electron chi connectivity index (χ4n) is 3.78. The van der Waals surface area contributed by atoms with E-state index in [1.807, 2.05) is 12.1 Å². The van der Waals surface area contributed by atoms with Gasteiger partial charge in [-0.25, -0.2) is 14.6 Å². The van der Waals surface area contributed by atoms with Crippen LogP contribution < -0.4 is 5.32 Å².